The zero-order valence-electron chi connectivity index (χ0n) is 15.7. The molecule has 1 aromatic carbocycles. The summed E-state index contributed by atoms with van der Waals surface area (Å²) < 4.78 is 0. The van der Waals surface area contributed by atoms with Crippen molar-refractivity contribution in [1.82, 2.24) is 15.5 Å². The first kappa shape index (κ1) is 23.7. The summed E-state index contributed by atoms with van der Waals surface area (Å²) in [5.74, 6) is 0.573. The first-order valence-electron chi connectivity index (χ1n) is 8.48. The number of likely N-dealkylation sites (N-methyl/N-ethyl adjacent to an activating group) is 1. The lowest BCUT2D eigenvalue weighted by Crippen LogP contribution is -2.40. The molecule has 2 aromatic rings. The molecule has 1 atom stereocenters. The molecule has 0 aliphatic carbocycles. The fourth-order valence-corrected chi connectivity index (χ4v) is 3.17. The highest BCUT2D eigenvalue weighted by atomic mass is 127. The van der Waals surface area contributed by atoms with Gasteiger partial charge in [-0.3, -0.25) is 4.79 Å². The summed E-state index contributed by atoms with van der Waals surface area (Å²) >= 11 is 7.81. The third-order valence-electron chi connectivity index (χ3n) is 3.82. The van der Waals surface area contributed by atoms with Crippen molar-refractivity contribution in [3.63, 3.8) is 0 Å². The van der Waals surface area contributed by atoms with E-state index in [1.807, 2.05) is 37.3 Å². The Balaban J connectivity index is 0.00000364. The molecule has 27 heavy (non-hydrogen) atoms. The maximum absolute atomic E-state index is 11.9. The maximum atomic E-state index is 11.9. The lowest BCUT2D eigenvalue weighted by molar-refractivity contribution is -0.127. The van der Waals surface area contributed by atoms with Gasteiger partial charge in [-0.25, -0.2) is 4.99 Å². The molecule has 148 valence electrons. The SMILES string of the molecule is CC(NC(=NCC(=O)N(C)C)NCCc1cccs1)c1cccc(Cl)c1.I. The smallest absolute Gasteiger partial charge is 0.243 e. The van der Waals surface area contributed by atoms with E-state index in [1.54, 1.807) is 25.4 Å². The maximum Gasteiger partial charge on any atom is 0.243 e. The van der Waals surface area contributed by atoms with E-state index in [4.69, 9.17) is 11.6 Å². The predicted octanol–water partition coefficient (Wildman–Crippen LogP) is 3.95. The molecular weight excluding hydrogens is 495 g/mol. The largest absolute Gasteiger partial charge is 0.356 e. The van der Waals surface area contributed by atoms with Crippen molar-refractivity contribution < 1.29 is 4.79 Å². The molecule has 0 aliphatic heterocycles. The van der Waals surface area contributed by atoms with Crippen LogP contribution in [0.3, 0.4) is 0 Å². The van der Waals surface area contributed by atoms with Crippen molar-refractivity contribution in [3.05, 3.63) is 57.2 Å². The van der Waals surface area contributed by atoms with E-state index >= 15 is 0 Å². The zero-order valence-corrected chi connectivity index (χ0v) is 19.6. The summed E-state index contributed by atoms with van der Waals surface area (Å²) in [5.41, 5.74) is 1.06. The monoisotopic (exact) mass is 520 g/mol. The Morgan fingerprint density at radius 3 is 2.70 bits per heavy atom. The van der Waals surface area contributed by atoms with Gasteiger partial charge in [0, 0.05) is 30.5 Å². The second-order valence-corrected chi connectivity index (χ2v) is 7.60. The third kappa shape index (κ3) is 8.49. The van der Waals surface area contributed by atoms with Crippen molar-refractivity contribution in [2.24, 2.45) is 4.99 Å². The molecule has 1 heterocycles. The van der Waals surface area contributed by atoms with Gasteiger partial charge in [0.05, 0.1) is 6.04 Å². The number of carbonyl (C=O) groups is 1. The van der Waals surface area contributed by atoms with Crippen LogP contribution in [0.15, 0.2) is 46.8 Å². The Labute approximate surface area is 187 Å². The number of nitrogens with one attached hydrogen (secondary N) is 2. The number of halogens is 2. The zero-order chi connectivity index (χ0) is 18.9. The lowest BCUT2D eigenvalue weighted by Gasteiger charge is -2.19. The van der Waals surface area contributed by atoms with Gasteiger partial charge >= 0.3 is 0 Å². The van der Waals surface area contributed by atoms with E-state index in [-0.39, 0.29) is 42.5 Å². The molecule has 0 fully saturated rings. The van der Waals surface area contributed by atoms with Gasteiger partial charge in [0.15, 0.2) is 5.96 Å². The van der Waals surface area contributed by atoms with Crippen molar-refractivity contribution >= 4 is 58.8 Å². The van der Waals surface area contributed by atoms with Gasteiger partial charge in [-0.05, 0) is 42.5 Å². The average Bonchev–Trinajstić information content (AvgIpc) is 3.12. The second-order valence-electron chi connectivity index (χ2n) is 6.13. The summed E-state index contributed by atoms with van der Waals surface area (Å²) in [6.07, 6.45) is 0.908. The van der Waals surface area contributed by atoms with Crippen LogP contribution in [0.1, 0.15) is 23.4 Å². The first-order chi connectivity index (χ1) is 12.5. The van der Waals surface area contributed by atoms with E-state index in [0.717, 1.165) is 18.5 Å². The number of benzene rings is 1. The number of guanidine groups is 1. The minimum Gasteiger partial charge on any atom is -0.356 e. The molecule has 5 nitrogen and oxygen atoms in total. The van der Waals surface area contributed by atoms with Crippen LogP contribution in [0.2, 0.25) is 5.02 Å². The third-order valence-corrected chi connectivity index (χ3v) is 4.99. The van der Waals surface area contributed by atoms with E-state index < -0.39 is 0 Å². The predicted molar refractivity (Wildman–Crippen MR) is 125 cm³/mol. The van der Waals surface area contributed by atoms with Gasteiger partial charge in [-0.1, -0.05) is 29.8 Å². The van der Waals surface area contributed by atoms with E-state index in [2.05, 4.69) is 27.1 Å². The Morgan fingerprint density at radius 1 is 1.30 bits per heavy atom. The molecule has 0 spiro atoms. The number of rotatable bonds is 7. The molecule has 2 N–H and O–H groups in total. The minimum atomic E-state index is -0.0419. The summed E-state index contributed by atoms with van der Waals surface area (Å²) in [6.45, 7) is 2.88. The average molecular weight is 521 g/mol. The molecule has 0 aliphatic rings. The number of aliphatic imine (C=N–C) groups is 1. The van der Waals surface area contributed by atoms with Gasteiger partial charge in [-0.15, -0.1) is 35.3 Å². The molecule has 1 unspecified atom stereocenters. The molecule has 8 heteroatoms. The van der Waals surface area contributed by atoms with Crippen LogP contribution in [0.4, 0.5) is 0 Å². The Morgan fingerprint density at radius 2 is 2.07 bits per heavy atom. The van der Waals surface area contributed by atoms with Gasteiger partial charge in [0.1, 0.15) is 6.54 Å². The molecule has 1 aromatic heterocycles. The van der Waals surface area contributed by atoms with E-state index in [9.17, 15) is 4.79 Å². The number of amides is 1. The second kappa shape index (κ2) is 12.2. The molecule has 0 radical (unpaired) electrons. The van der Waals surface area contributed by atoms with Crippen molar-refractivity contribution in [3.8, 4) is 0 Å². The molecule has 1 amide bonds. The number of carbonyl (C=O) groups excluding carboxylic acids is 1. The molecular formula is C19H26ClIN4OS. The highest BCUT2D eigenvalue weighted by Gasteiger charge is 2.10. The van der Waals surface area contributed by atoms with Crippen LogP contribution < -0.4 is 10.6 Å². The topological polar surface area (TPSA) is 56.7 Å². The van der Waals surface area contributed by atoms with Crippen molar-refractivity contribution in [2.45, 2.75) is 19.4 Å². The summed E-state index contributed by atoms with van der Waals surface area (Å²) in [5, 5.41) is 9.42. The minimum absolute atomic E-state index is 0. The highest BCUT2D eigenvalue weighted by Crippen LogP contribution is 2.17. The normalized spacial score (nSPS) is 12.1. The molecule has 0 saturated carbocycles. The summed E-state index contributed by atoms with van der Waals surface area (Å²) in [6, 6.07) is 11.9. The Bertz CT molecular complexity index is 737. The van der Waals surface area contributed by atoms with E-state index in [1.165, 1.54) is 9.78 Å². The number of hydrogen-bond acceptors (Lipinski definition) is 3. The fourth-order valence-electron chi connectivity index (χ4n) is 2.26. The Kier molecular flexibility index (Phi) is 10.7. The summed E-state index contributed by atoms with van der Waals surface area (Å²) in [7, 11) is 3.45. The molecule has 2 rings (SSSR count). The highest BCUT2D eigenvalue weighted by molar-refractivity contribution is 14.0. The van der Waals surface area contributed by atoms with Gasteiger partial charge in [0.2, 0.25) is 5.91 Å². The van der Waals surface area contributed by atoms with Crippen LogP contribution >= 0.6 is 46.9 Å². The van der Waals surface area contributed by atoms with E-state index in [0.29, 0.717) is 11.0 Å². The Hall–Kier alpha value is -1.32. The van der Waals surface area contributed by atoms with Crippen LogP contribution in [0, 0.1) is 0 Å². The number of nitrogens with zero attached hydrogens (tertiary/aromatic N) is 2. The van der Waals surface area contributed by atoms with Crippen LogP contribution in [-0.2, 0) is 11.2 Å². The number of hydrogen-bond donors (Lipinski definition) is 2. The standard InChI is InChI=1S/C19H25ClN4OS.HI/c1-14(15-6-4-7-16(20)12-15)23-19(22-13-18(25)24(2)3)21-10-9-17-8-5-11-26-17;/h4-8,11-12,14H,9-10,13H2,1-3H3,(H2,21,22,23);1H. The number of thiophene rings is 1. The fraction of sp³-hybridized carbons (Fsp3) is 0.368. The lowest BCUT2D eigenvalue weighted by atomic mass is 10.1. The molecule has 0 bridgehead atoms. The van der Waals surface area contributed by atoms with Crippen LogP contribution in [0.25, 0.3) is 0 Å². The summed E-state index contributed by atoms with van der Waals surface area (Å²) in [4.78, 5) is 19.1. The van der Waals surface area contributed by atoms with Gasteiger partial charge < -0.3 is 15.5 Å². The van der Waals surface area contributed by atoms with Crippen molar-refractivity contribution in [1.29, 1.82) is 0 Å². The van der Waals surface area contributed by atoms with Crippen LogP contribution in [-0.4, -0.2) is 44.0 Å². The van der Waals surface area contributed by atoms with Gasteiger partial charge in [-0.2, -0.15) is 0 Å². The quantitative estimate of drug-likeness (QED) is 0.330. The van der Waals surface area contributed by atoms with Gasteiger partial charge in [0.25, 0.3) is 0 Å². The first-order valence-corrected chi connectivity index (χ1v) is 9.74. The molecule has 0 saturated heterocycles. The van der Waals surface area contributed by atoms with Crippen molar-refractivity contribution in [2.75, 3.05) is 27.2 Å². The van der Waals surface area contributed by atoms with Crippen LogP contribution in [0.5, 0.6) is 0 Å².